The van der Waals surface area contributed by atoms with Gasteiger partial charge in [0.05, 0.1) is 20.1 Å². The molecule has 3 atom stereocenters. The van der Waals surface area contributed by atoms with Gasteiger partial charge in [0.25, 0.3) is 0 Å². The summed E-state index contributed by atoms with van der Waals surface area (Å²) in [6, 6.07) is 11.0. The molecular formula is C27H37N3O3. The molecule has 4 rings (SSSR count). The van der Waals surface area contributed by atoms with Crippen molar-refractivity contribution in [3.05, 3.63) is 60.2 Å². The van der Waals surface area contributed by atoms with Gasteiger partial charge in [0, 0.05) is 37.3 Å². The van der Waals surface area contributed by atoms with Crippen molar-refractivity contribution in [3.63, 3.8) is 0 Å². The molecule has 178 valence electrons. The Morgan fingerprint density at radius 2 is 1.79 bits per heavy atom. The molecule has 2 unspecified atom stereocenters. The van der Waals surface area contributed by atoms with E-state index in [-0.39, 0.29) is 12.0 Å². The third kappa shape index (κ3) is 5.79. The molecule has 1 aliphatic heterocycles. The van der Waals surface area contributed by atoms with Crippen molar-refractivity contribution >= 4 is 5.97 Å². The number of hydrogen-bond donors (Lipinski definition) is 0. The highest BCUT2D eigenvalue weighted by molar-refractivity contribution is 5.81. The fourth-order valence-electron chi connectivity index (χ4n) is 5.71. The summed E-state index contributed by atoms with van der Waals surface area (Å²) in [5.41, 5.74) is -1.26. The van der Waals surface area contributed by atoms with Crippen LogP contribution >= 0.6 is 0 Å². The number of likely N-dealkylation sites (N-methyl/N-ethyl adjacent to an activating group) is 1. The maximum Gasteiger partial charge on any atom is 0.300 e. The van der Waals surface area contributed by atoms with Crippen LogP contribution in [0, 0.1) is 5.92 Å². The van der Waals surface area contributed by atoms with E-state index in [4.69, 9.17) is 4.74 Å². The number of carbonyl (C=O) groups excluding carboxylic acids is 1. The fourth-order valence-corrected chi connectivity index (χ4v) is 5.71. The number of likely N-dealkylation sites (tertiary alicyclic amines) is 1. The van der Waals surface area contributed by atoms with Gasteiger partial charge in [0.2, 0.25) is 0 Å². The summed E-state index contributed by atoms with van der Waals surface area (Å²) in [6.07, 6.45) is 11.8. The third-order valence-electron chi connectivity index (χ3n) is 7.55. The highest BCUT2D eigenvalue weighted by Gasteiger charge is 2.41. The number of carbonyl (C=O) groups is 1. The number of aryl methyl sites for hydroxylation is 1. The minimum absolute atomic E-state index is 0.198. The van der Waals surface area contributed by atoms with Crippen LogP contribution < -0.4 is 5.11 Å². The first-order valence-corrected chi connectivity index (χ1v) is 12.6. The van der Waals surface area contributed by atoms with Crippen molar-refractivity contribution in [2.45, 2.75) is 69.5 Å². The summed E-state index contributed by atoms with van der Waals surface area (Å²) in [4.78, 5) is 22.1. The average Bonchev–Trinajstić information content (AvgIpc) is 2.85. The molecule has 6 heteroatoms. The Labute approximate surface area is 197 Å². The van der Waals surface area contributed by atoms with E-state index < -0.39 is 11.6 Å². The van der Waals surface area contributed by atoms with Gasteiger partial charge in [0.1, 0.15) is 12.4 Å². The number of aromatic nitrogens is 2. The Kier molecular flexibility index (Phi) is 7.76. The first-order chi connectivity index (χ1) is 16.0. The van der Waals surface area contributed by atoms with Gasteiger partial charge in [-0.3, -0.25) is 4.79 Å². The molecule has 0 spiro atoms. The largest absolute Gasteiger partial charge is 0.837 e. The predicted molar refractivity (Wildman–Crippen MR) is 125 cm³/mol. The molecule has 1 aromatic heterocycles. The van der Waals surface area contributed by atoms with E-state index in [2.05, 4.69) is 17.0 Å². The zero-order chi connectivity index (χ0) is 23.2. The van der Waals surface area contributed by atoms with Crippen LogP contribution in [0.1, 0.15) is 62.8 Å². The molecule has 0 radical (unpaired) electrons. The van der Waals surface area contributed by atoms with Crippen molar-refractivity contribution in [3.8, 4) is 0 Å². The van der Waals surface area contributed by atoms with Gasteiger partial charge in [-0.05, 0) is 24.0 Å². The van der Waals surface area contributed by atoms with Crippen molar-refractivity contribution in [2.75, 3.05) is 26.7 Å². The topological polar surface area (TPSA) is 75.1 Å². The summed E-state index contributed by atoms with van der Waals surface area (Å²) >= 11 is 0. The van der Waals surface area contributed by atoms with Crippen LogP contribution in [-0.2, 0) is 21.6 Å². The normalized spacial score (nSPS) is 25.8. The third-order valence-corrected chi connectivity index (χ3v) is 7.55. The van der Waals surface area contributed by atoms with Crippen molar-refractivity contribution in [2.24, 2.45) is 5.92 Å². The van der Waals surface area contributed by atoms with E-state index in [0.29, 0.717) is 5.56 Å². The second-order valence-corrected chi connectivity index (χ2v) is 10.1. The lowest BCUT2D eigenvalue weighted by Crippen LogP contribution is -2.59. The highest BCUT2D eigenvalue weighted by atomic mass is 16.6. The van der Waals surface area contributed by atoms with E-state index in [0.717, 1.165) is 87.7 Å². The summed E-state index contributed by atoms with van der Waals surface area (Å²) in [5, 5.41) is 14.2. The number of esters is 1. The molecule has 6 nitrogen and oxygen atoms in total. The summed E-state index contributed by atoms with van der Waals surface area (Å²) in [5.74, 6) is 0.101. The smallest absolute Gasteiger partial charge is 0.300 e. The van der Waals surface area contributed by atoms with Gasteiger partial charge < -0.3 is 14.3 Å². The van der Waals surface area contributed by atoms with Gasteiger partial charge in [-0.1, -0.05) is 62.4 Å². The van der Waals surface area contributed by atoms with Crippen molar-refractivity contribution < 1.29 is 19.1 Å². The minimum atomic E-state index is -1.81. The maximum absolute atomic E-state index is 14.2. The second kappa shape index (κ2) is 10.7. The van der Waals surface area contributed by atoms with Gasteiger partial charge in [0.15, 0.2) is 6.10 Å². The zero-order valence-corrected chi connectivity index (χ0v) is 19.8. The van der Waals surface area contributed by atoms with Crippen molar-refractivity contribution in [1.29, 1.82) is 0 Å². The average molecular weight is 452 g/mol. The number of hydrogen-bond acceptors (Lipinski definition) is 5. The second-order valence-electron chi connectivity index (χ2n) is 10.1. The Morgan fingerprint density at radius 3 is 2.52 bits per heavy atom. The van der Waals surface area contributed by atoms with Gasteiger partial charge >= 0.3 is 5.97 Å². The van der Waals surface area contributed by atoms with Crippen LogP contribution in [0.3, 0.4) is 0 Å². The number of ether oxygens (including phenoxy) is 1. The molecule has 1 aliphatic carbocycles. The van der Waals surface area contributed by atoms with E-state index in [1.54, 1.807) is 24.5 Å². The van der Waals surface area contributed by atoms with Crippen LogP contribution in [0.2, 0.25) is 0 Å². The van der Waals surface area contributed by atoms with Crippen LogP contribution in [0.5, 0.6) is 0 Å². The van der Waals surface area contributed by atoms with Crippen LogP contribution in [0.15, 0.2) is 48.8 Å². The molecule has 1 aromatic carbocycles. The molecule has 2 heterocycles. The summed E-state index contributed by atoms with van der Waals surface area (Å²) < 4.78 is 6.89. The molecule has 2 fully saturated rings. The SMILES string of the molecule is C[N@@+]1(CCCc2ncccn2)CCCC(OC(=O)C([O-])(c2ccccc2)C2CCCCC2)C1. The molecule has 1 saturated heterocycles. The molecule has 2 aliphatic rings. The van der Waals surface area contributed by atoms with Gasteiger partial charge in [-0.15, -0.1) is 0 Å². The Morgan fingerprint density at radius 1 is 1.06 bits per heavy atom. The summed E-state index contributed by atoms with van der Waals surface area (Å²) in [6.45, 7) is 2.81. The van der Waals surface area contributed by atoms with Crippen LogP contribution in [0.25, 0.3) is 0 Å². The Bertz CT molecular complexity index is 888. The molecule has 0 bridgehead atoms. The van der Waals surface area contributed by atoms with E-state index in [1.165, 1.54) is 0 Å². The molecular weight excluding hydrogens is 414 g/mol. The molecule has 0 amide bonds. The Balaban J connectivity index is 1.41. The number of piperidine rings is 1. The molecule has 33 heavy (non-hydrogen) atoms. The highest BCUT2D eigenvalue weighted by Crippen LogP contribution is 2.39. The molecule has 0 N–H and O–H groups in total. The zero-order valence-electron chi connectivity index (χ0n) is 19.8. The lowest BCUT2D eigenvalue weighted by molar-refractivity contribution is -0.917. The first kappa shape index (κ1) is 23.8. The van der Waals surface area contributed by atoms with E-state index >= 15 is 0 Å². The van der Waals surface area contributed by atoms with Gasteiger partial charge in [-0.2, -0.15) is 0 Å². The van der Waals surface area contributed by atoms with Gasteiger partial charge in [-0.25, -0.2) is 9.97 Å². The standard InChI is InChI=1S/C27H37N3O3/c1-30(20-9-16-25-28-17-10-18-29-25)19-8-15-24(21-30)33-26(31)27(32,22-11-4-2-5-12-22)23-13-6-3-7-14-23/h2,4-5,10-12,17-18,23-24H,3,6-9,13-16,19-21H2,1H3/t24?,27?,30-/m0/s1. The fraction of sp³-hybridized carbons (Fsp3) is 0.593. The number of rotatable bonds is 8. The maximum atomic E-state index is 14.2. The molecule has 1 saturated carbocycles. The molecule has 2 aromatic rings. The van der Waals surface area contributed by atoms with E-state index in [1.807, 2.05) is 24.3 Å². The van der Waals surface area contributed by atoms with Crippen LogP contribution in [0.4, 0.5) is 0 Å². The first-order valence-electron chi connectivity index (χ1n) is 12.6. The number of nitrogens with zero attached hydrogens (tertiary/aromatic N) is 3. The number of benzene rings is 1. The minimum Gasteiger partial charge on any atom is -0.837 e. The lowest BCUT2D eigenvalue weighted by Gasteiger charge is -2.48. The summed E-state index contributed by atoms with van der Waals surface area (Å²) in [7, 11) is 2.23. The number of quaternary nitrogens is 1. The monoisotopic (exact) mass is 451 g/mol. The Hall–Kier alpha value is -2.31. The van der Waals surface area contributed by atoms with Crippen LogP contribution in [-0.4, -0.2) is 53.2 Å². The lowest BCUT2D eigenvalue weighted by atomic mass is 9.73. The van der Waals surface area contributed by atoms with Crippen molar-refractivity contribution in [1.82, 2.24) is 9.97 Å². The quantitative estimate of drug-likeness (QED) is 0.454. The van der Waals surface area contributed by atoms with E-state index in [9.17, 15) is 9.90 Å². The predicted octanol–water partition coefficient (Wildman–Crippen LogP) is 3.40.